The summed E-state index contributed by atoms with van der Waals surface area (Å²) in [5.74, 6) is 0. The smallest absolute Gasteiger partial charge is 0.0805 e. The number of aliphatic hydroxyl groups is 1. The van der Waals surface area contributed by atoms with Crippen LogP contribution >= 0.6 is 23.2 Å². The van der Waals surface area contributed by atoms with E-state index >= 15 is 0 Å². The van der Waals surface area contributed by atoms with Gasteiger partial charge in [-0.25, -0.2) is 0 Å². The zero-order valence-corrected chi connectivity index (χ0v) is 11.9. The molecular weight excluding hydrogens is 257 g/mol. The molecule has 0 aliphatic heterocycles. The van der Waals surface area contributed by atoms with Gasteiger partial charge >= 0.3 is 0 Å². The van der Waals surface area contributed by atoms with Crippen LogP contribution in [0.2, 0.25) is 10.0 Å². The molecule has 2 nitrogen and oxygen atoms in total. The Bertz CT molecular complexity index is 387. The minimum absolute atomic E-state index is 0.0306. The standard InChI is InChI=1S/C13H19Cl2NO/c1-13(2,3)12(16)7-11(17)8-4-5-9(14)10(15)6-8/h4-6,11-12,17H,7,16H2,1-3H3/t11-,12+/m0/s1. The first-order valence-corrected chi connectivity index (χ1v) is 6.36. The van der Waals surface area contributed by atoms with Crippen molar-refractivity contribution in [1.82, 2.24) is 0 Å². The van der Waals surface area contributed by atoms with E-state index in [1.165, 1.54) is 0 Å². The molecule has 0 bridgehead atoms. The molecule has 2 atom stereocenters. The molecule has 17 heavy (non-hydrogen) atoms. The molecule has 0 saturated carbocycles. The molecule has 0 unspecified atom stereocenters. The summed E-state index contributed by atoms with van der Waals surface area (Å²) in [7, 11) is 0. The van der Waals surface area contributed by atoms with Crippen molar-refractivity contribution in [1.29, 1.82) is 0 Å². The molecule has 0 fully saturated rings. The second-order valence-corrected chi connectivity index (χ2v) is 6.21. The van der Waals surface area contributed by atoms with Crippen LogP contribution in [0.25, 0.3) is 0 Å². The predicted octanol–water partition coefficient (Wildman–Crippen LogP) is 3.79. The van der Waals surface area contributed by atoms with E-state index < -0.39 is 6.10 Å². The van der Waals surface area contributed by atoms with Crippen molar-refractivity contribution < 1.29 is 5.11 Å². The summed E-state index contributed by atoms with van der Waals surface area (Å²) >= 11 is 11.7. The quantitative estimate of drug-likeness (QED) is 0.882. The number of rotatable bonds is 3. The van der Waals surface area contributed by atoms with Crippen molar-refractivity contribution in [3.05, 3.63) is 33.8 Å². The van der Waals surface area contributed by atoms with Crippen LogP contribution < -0.4 is 5.73 Å². The molecule has 1 aromatic carbocycles. The van der Waals surface area contributed by atoms with Gasteiger partial charge in [0.2, 0.25) is 0 Å². The maximum Gasteiger partial charge on any atom is 0.0805 e. The first-order valence-electron chi connectivity index (χ1n) is 5.60. The van der Waals surface area contributed by atoms with Gasteiger partial charge in [0.05, 0.1) is 16.1 Å². The largest absolute Gasteiger partial charge is 0.388 e. The Morgan fingerprint density at radius 1 is 1.24 bits per heavy atom. The van der Waals surface area contributed by atoms with Crippen molar-refractivity contribution in [3.63, 3.8) is 0 Å². The number of aliphatic hydroxyl groups excluding tert-OH is 1. The summed E-state index contributed by atoms with van der Waals surface area (Å²) in [4.78, 5) is 0. The summed E-state index contributed by atoms with van der Waals surface area (Å²) < 4.78 is 0. The molecule has 1 aromatic rings. The first kappa shape index (κ1) is 14.8. The summed E-state index contributed by atoms with van der Waals surface area (Å²) in [6.45, 7) is 6.16. The highest BCUT2D eigenvalue weighted by atomic mass is 35.5. The van der Waals surface area contributed by atoms with Crippen LogP contribution in [-0.2, 0) is 0 Å². The topological polar surface area (TPSA) is 46.2 Å². The van der Waals surface area contributed by atoms with E-state index in [0.29, 0.717) is 16.5 Å². The lowest BCUT2D eigenvalue weighted by atomic mass is 9.83. The number of hydrogen-bond donors (Lipinski definition) is 2. The maximum absolute atomic E-state index is 10.1. The minimum Gasteiger partial charge on any atom is -0.388 e. The van der Waals surface area contributed by atoms with Gasteiger partial charge in [0, 0.05) is 6.04 Å². The lowest BCUT2D eigenvalue weighted by molar-refractivity contribution is 0.133. The van der Waals surface area contributed by atoms with E-state index in [4.69, 9.17) is 28.9 Å². The van der Waals surface area contributed by atoms with Crippen molar-refractivity contribution in [3.8, 4) is 0 Å². The number of nitrogens with two attached hydrogens (primary N) is 1. The Hall–Kier alpha value is -0.280. The Morgan fingerprint density at radius 3 is 2.29 bits per heavy atom. The number of hydrogen-bond acceptors (Lipinski definition) is 2. The summed E-state index contributed by atoms with van der Waals surface area (Å²) in [6.07, 6.45) is -0.111. The average Bonchev–Trinajstić information content (AvgIpc) is 2.20. The second kappa shape index (κ2) is 5.57. The van der Waals surface area contributed by atoms with Gasteiger partial charge in [0.25, 0.3) is 0 Å². The van der Waals surface area contributed by atoms with Crippen LogP contribution in [0, 0.1) is 5.41 Å². The predicted molar refractivity (Wildman–Crippen MR) is 73.5 cm³/mol. The fraction of sp³-hybridized carbons (Fsp3) is 0.538. The molecule has 0 amide bonds. The van der Waals surface area contributed by atoms with Gasteiger partial charge in [-0.3, -0.25) is 0 Å². The fourth-order valence-corrected chi connectivity index (χ4v) is 1.76. The molecule has 0 aromatic heterocycles. The van der Waals surface area contributed by atoms with Crippen molar-refractivity contribution in [2.75, 3.05) is 0 Å². The van der Waals surface area contributed by atoms with E-state index in [2.05, 4.69) is 20.8 Å². The van der Waals surface area contributed by atoms with Gasteiger partial charge < -0.3 is 10.8 Å². The van der Waals surface area contributed by atoms with Crippen molar-refractivity contribution in [2.45, 2.75) is 39.3 Å². The molecule has 4 heteroatoms. The van der Waals surface area contributed by atoms with Gasteiger partial charge in [0.1, 0.15) is 0 Å². The van der Waals surface area contributed by atoms with Gasteiger partial charge in [-0.15, -0.1) is 0 Å². The van der Waals surface area contributed by atoms with Crippen LogP contribution in [0.3, 0.4) is 0 Å². The van der Waals surface area contributed by atoms with Crippen LogP contribution in [-0.4, -0.2) is 11.1 Å². The summed E-state index contributed by atoms with van der Waals surface area (Å²) in [5, 5.41) is 11.0. The SMILES string of the molecule is CC(C)(C)[C@H](N)C[C@H](O)c1ccc(Cl)c(Cl)c1. The lowest BCUT2D eigenvalue weighted by Gasteiger charge is -2.29. The van der Waals surface area contributed by atoms with Gasteiger partial charge in [-0.2, -0.15) is 0 Å². The average molecular weight is 276 g/mol. The number of benzene rings is 1. The van der Waals surface area contributed by atoms with E-state index in [9.17, 15) is 5.11 Å². The third-order valence-electron chi connectivity index (χ3n) is 2.92. The molecule has 96 valence electrons. The molecule has 3 N–H and O–H groups in total. The molecule has 0 radical (unpaired) electrons. The highest BCUT2D eigenvalue weighted by molar-refractivity contribution is 6.42. The summed E-state index contributed by atoms with van der Waals surface area (Å²) in [6, 6.07) is 5.07. The van der Waals surface area contributed by atoms with Crippen molar-refractivity contribution in [2.24, 2.45) is 11.1 Å². The van der Waals surface area contributed by atoms with Crippen LogP contribution in [0.1, 0.15) is 38.9 Å². The number of halogens is 2. The molecule has 0 heterocycles. The van der Waals surface area contributed by atoms with Gasteiger partial charge in [-0.1, -0.05) is 50.0 Å². The Kier molecular flexibility index (Phi) is 4.85. The summed E-state index contributed by atoms with van der Waals surface area (Å²) in [5.41, 5.74) is 6.76. The Labute approximate surface area is 113 Å². The van der Waals surface area contributed by atoms with E-state index in [1.807, 2.05) is 0 Å². The highest BCUT2D eigenvalue weighted by Crippen LogP contribution is 2.30. The van der Waals surface area contributed by atoms with E-state index in [-0.39, 0.29) is 11.5 Å². The minimum atomic E-state index is -0.612. The molecule has 0 saturated heterocycles. The maximum atomic E-state index is 10.1. The van der Waals surface area contributed by atoms with Gasteiger partial charge in [0.15, 0.2) is 0 Å². The first-order chi connectivity index (χ1) is 7.71. The Morgan fingerprint density at radius 2 is 1.82 bits per heavy atom. The molecule has 1 rings (SSSR count). The highest BCUT2D eigenvalue weighted by Gasteiger charge is 2.24. The molecular formula is C13H19Cl2NO. The second-order valence-electron chi connectivity index (χ2n) is 5.40. The van der Waals surface area contributed by atoms with Crippen LogP contribution in [0.5, 0.6) is 0 Å². The monoisotopic (exact) mass is 275 g/mol. The van der Waals surface area contributed by atoms with Gasteiger partial charge in [-0.05, 0) is 29.5 Å². The van der Waals surface area contributed by atoms with E-state index in [1.54, 1.807) is 18.2 Å². The third kappa shape index (κ3) is 4.14. The molecule has 0 spiro atoms. The fourth-order valence-electron chi connectivity index (χ4n) is 1.45. The lowest BCUT2D eigenvalue weighted by Crippen LogP contribution is -2.36. The van der Waals surface area contributed by atoms with Crippen LogP contribution in [0.4, 0.5) is 0 Å². The third-order valence-corrected chi connectivity index (χ3v) is 3.66. The van der Waals surface area contributed by atoms with Crippen molar-refractivity contribution >= 4 is 23.2 Å². The zero-order chi connectivity index (χ0) is 13.2. The van der Waals surface area contributed by atoms with E-state index in [0.717, 1.165) is 5.56 Å². The normalized spacial score (nSPS) is 15.7. The molecule has 0 aliphatic rings. The zero-order valence-electron chi connectivity index (χ0n) is 10.4. The Balaban J connectivity index is 2.76. The molecule has 0 aliphatic carbocycles. The van der Waals surface area contributed by atoms with Crippen LogP contribution in [0.15, 0.2) is 18.2 Å².